The van der Waals surface area contributed by atoms with Gasteiger partial charge in [-0.3, -0.25) is 0 Å². The summed E-state index contributed by atoms with van der Waals surface area (Å²) in [4.78, 5) is 4.00. The van der Waals surface area contributed by atoms with E-state index in [0.29, 0.717) is 11.7 Å². The van der Waals surface area contributed by atoms with E-state index in [-0.39, 0.29) is 0 Å². The fourth-order valence-electron chi connectivity index (χ4n) is 1.87. The molecule has 2 heteroatoms. The van der Waals surface area contributed by atoms with Gasteiger partial charge in [-0.1, -0.05) is 38.1 Å². The van der Waals surface area contributed by atoms with Crippen molar-refractivity contribution in [1.29, 1.82) is 0 Å². The lowest BCUT2D eigenvalue weighted by molar-refractivity contribution is 0.734. The van der Waals surface area contributed by atoms with Gasteiger partial charge in [0.1, 0.15) is 5.82 Å². The van der Waals surface area contributed by atoms with E-state index < -0.39 is 0 Å². The van der Waals surface area contributed by atoms with Crippen LogP contribution in [0.1, 0.15) is 31.7 Å². The monoisotopic (exact) mass is 226 g/mol. The number of pyridine rings is 1. The maximum atomic E-state index is 5.68. The van der Waals surface area contributed by atoms with Crippen LogP contribution in [-0.2, 0) is 0 Å². The summed E-state index contributed by atoms with van der Waals surface area (Å²) < 4.78 is 0. The SMILES string of the molecule is CCC(C)c1ccc(-c2ccnc(N)c2)cc1. The third-order valence-corrected chi connectivity index (χ3v) is 3.21. The van der Waals surface area contributed by atoms with E-state index in [1.165, 1.54) is 17.5 Å². The normalized spacial score (nSPS) is 12.4. The Bertz CT molecular complexity index is 489. The van der Waals surface area contributed by atoms with Gasteiger partial charge in [-0.15, -0.1) is 0 Å². The minimum absolute atomic E-state index is 0.563. The maximum absolute atomic E-state index is 5.68. The standard InChI is InChI=1S/C15H18N2/c1-3-11(2)12-4-6-13(7-5-12)14-8-9-17-15(16)10-14/h4-11H,3H2,1-2H3,(H2,16,17). The zero-order chi connectivity index (χ0) is 12.3. The van der Waals surface area contributed by atoms with Gasteiger partial charge in [0.25, 0.3) is 0 Å². The number of benzene rings is 1. The van der Waals surface area contributed by atoms with Gasteiger partial charge in [0.15, 0.2) is 0 Å². The van der Waals surface area contributed by atoms with E-state index in [2.05, 4.69) is 43.1 Å². The molecule has 0 spiro atoms. The highest BCUT2D eigenvalue weighted by Gasteiger charge is 2.03. The molecule has 2 aromatic rings. The largest absolute Gasteiger partial charge is 0.384 e. The van der Waals surface area contributed by atoms with Crippen LogP contribution in [-0.4, -0.2) is 4.98 Å². The van der Waals surface area contributed by atoms with Crippen molar-refractivity contribution >= 4 is 5.82 Å². The van der Waals surface area contributed by atoms with Crippen molar-refractivity contribution in [2.75, 3.05) is 5.73 Å². The number of nitrogens with two attached hydrogens (primary N) is 1. The van der Waals surface area contributed by atoms with Crippen LogP contribution in [0.4, 0.5) is 5.82 Å². The Hall–Kier alpha value is -1.83. The summed E-state index contributed by atoms with van der Waals surface area (Å²) in [6.45, 7) is 4.46. The van der Waals surface area contributed by atoms with Crippen LogP contribution < -0.4 is 5.73 Å². The first-order valence-corrected chi connectivity index (χ1v) is 6.02. The molecule has 0 bridgehead atoms. The highest BCUT2D eigenvalue weighted by Crippen LogP contribution is 2.24. The molecule has 0 aliphatic heterocycles. The molecule has 0 saturated heterocycles. The highest BCUT2D eigenvalue weighted by molar-refractivity contribution is 5.65. The van der Waals surface area contributed by atoms with Gasteiger partial charge >= 0.3 is 0 Å². The van der Waals surface area contributed by atoms with Crippen molar-refractivity contribution in [2.45, 2.75) is 26.2 Å². The second-order valence-electron chi connectivity index (χ2n) is 4.40. The smallest absolute Gasteiger partial charge is 0.123 e. The average Bonchev–Trinajstić information content (AvgIpc) is 2.38. The first-order chi connectivity index (χ1) is 8.20. The second kappa shape index (κ2) is 5.00. The molecule has 0 radical (unpaired) electrons. The minimum Gasteiger partial charge on any atom is -0.384 e. The lowest BCUT2D eigenvalue weighted by Crippen LogP contribution is -1.92. The zero-order valence-corrected chi connectivity index (χ0v) is 10.4. The van der Waals surface area contributed by atoms with Gasteiger partial charge in [0.2, 0.25) is 0 Å². The number of hydrogen-bond donors (Lipinski definition) is 1. The summed E-state index contributed by atoms with van der Waals surface area (Å²) in [7, 11) is 0. The summed E-state index contributed by atoms with van der Waals surface area (Å²) >= 11 is 0. The molecule has 2 N–H and O–H groups in total. The summed E-state index contributed by atoms with van der Waals surface area (Å²) in [6, 6.07) is 12.6. The number of rotatable bonds is 3. The lowest BCUT2D eigenvalue weighted by atomic mass is 9.96. The number of aromatic nitrogens is 1. The van der Waals surface area contributed by atoms with Gasteiger partial charge in [-0.05, 0) is 41.2 Å². The summed E-state index contributed by atoms with van der Waals surface area (Å²) in [5.74, 6) is 1.18. The van der Waals surface area contributed by atoms with Crippen LogP contribution in [0.25, 0.3) is 11.1 Å². The van der Waals surface area contributed by atoms with Gasteiger partial charge in [-0.25, -0.2) is 4.98 Å². The Morgan fingerprint density at radius 2 is 1.82 bits per heavy atom. The van der Waals surface area contributed by atoms with Crippen LogP contribution in [0.2, 0.25) is 0 Å². The fourth-order valence-corrected chi connectivity index (χ4v) is 1.87. The molecule has 2 rings (SSSR count). The van der Waals surface area contributed by atoms with Crippen molar-refractivity contribution in [3.05, 3.63) is 48.2 Å². The number of hydrogen-bond acceptors (Lipinski definition) is 2. The molecule has 0 saturated carbocycles. The molecule has 0 aliphatic rings. The fraction of sp³-hybridized carbons (Fsp3) is 0.267. The lowest BCUT2D eigenvalue weighted by Gasteiger charge is -2.10. The predicted octanol–water partition coefficient (Wildman–Crippen LogP) is 3.84. The Labute approximate surface area is 103 Å². The van der Waals surface area contributed by atoms with Crippen molar-refractivity contribution in [2.24, 2.45) is 0 Å². The predicted molar refractivity (Wildman–Crippen MR) is 72.8 cm³/mol. The molecule has 1 aromatic carbocycles. The molecular weight excluding hydrogens is 208 g/mol. The van der Waals surface area contributed by atoms with Crippen LogP contribution >= 0.6 is 0 Å². The van der Waals surface area contributed by atoms with Crippen molar-refractivity contribution in [3.8, 4) is 11.1 Å². The van der Waals surface area contributed by atoms with E-state index in [4.69, 9.17) is 5.73 Å². The molecular formula is C15H18N2. The molecule has 0 aliphatic carbocycles. The quantitative estimate of drug-likeness (QED) is 0.863. The molecule has 1 atom stereocenters. The molecule has 0 amide bonds. The molecule has 2 nitrogen and oxygen atoms in total. The van der Waals surface area contributed by atoms with Crippen LogP contribution in [0.5, 0.6) is 0 Å². The second-order valence-corrected chi connectivity index (χ2v) is 4.40. The Balaban J connectivity index is 2.29. The van der Waals surface area contributed by atoms with E-state index >= 15 is 0 Å². The Morgan fingerprint density at radius 1 is 1.12 bits per heavy atom. The van der Waals surface area contributed by atoms with Crippen LogP contribution in [0.15, 0.2) is 42.6 Å². The van der Waals surface area contributed by atoms with Gasteiger partial charge in [-0.2, -0.15) is 0 Å². The third-order valence-electron chi connectivity index (χ3n) is 3.21. The maximum Gasteiger partial charge on any atom is 0.123 e. The van der Waals surface area contributed by atoms with Crippen LogP contribution in [0.3, 0.4) is 0 Å². The molecule has 0 fully saturated rings. The van der Waals surface area contributed by atoms with Gasteiger partial charge < -0.3 is 5.73 Å². The summed E-state index contributed by atoms with van der Waals surface area (Å²) in [5, 5.41) is 0. The van der Waals surface area contributed by atoms with Gasteiger partial charge in [0.05, 0.1) is 0 Å². The molecule has 1 heterocycles. The molecule has 17 heavy (non-hydrogen) atoms. The third kappa shape index (κ3) is 2.64. The molecule has 88 valence electrons. The van der Waals surface area contributed by atoms with Crippen molar-refractivity contribution in [1.82, 2.24) is 4.98 Å². The number of nitrogen functional groups attached to an aromatic ring is 1. The molecule has 1 unspecified atom stereocenters. The minimum atomic E-state index is 0.563. The topological polar surface area (TPSA) is 38.9 Å². The first kappa shape index (κ1) is 11.6. The zero-order valence-electron chi connectivity index (χ0n) is 10.4. The summed E-state index contributed by atoms with van der Waals surface area (Å²) in [5.41, 5.74) is 9.38. The van der Waals surface area contributed by atoms with Crippen LogP contribution in [0, 0.1) is 0 Å². The van der Waals surface area contributed by atoms with Crippen molar-refractivity contribution < 1.29 is 0 Å². The highest BCUT2D eigenvalue weighted by atomic mass is 14.8. The Morgan fingerprint density at radius 3 is 2.41 bits per heavy atom. The average molecular weight is 226 g/mol. The Kier molecular flexibility index (Phi) is 3.43. The van der Waals surface area contributed by atoms with E-state index in [9.17, 15) is 0 Å². The summed E-state index contributed by atoms with van der Waals surface area (Å²) in [6.07, 6.45) is 2.91. The van der Waals surface area contributed by atoms with Crippen molar-refractivity contribution in [3.63, 3.8) is 0 Å². The van der Waals surface area contributed by atoms with E-state index in [1.54, 1.807) is 6.20 Å². The van der Waals surface area contributed by atoms with Gasteiger partial charge in [0, 0.05) is 6.20 Å². The number of nitrogens with zero attached hydrogens (tertiary/aromatic N) is 1. The molecule has 1 aromatic heterocycles. The number of anilines is 1. The van der Waals surface area contributed by atoms with E-state index in [1.807, 2.05) is 12.1 Å². The first-order valence-electron chi connectivity index (χ1n) is 6.02. The van der Waals surface area contributed by atoms with E-state index in [0.717, 1.165) is 5.56 Å².